The first kappa shape index (κ1) is 29.9. The number of benzene rings is 3. The predicted octanol–water partition coefficient (Wildman–Crippen LogP) is 5.82. The minimum Gasteiger partial charge on any atom is -0.308 e. The van der Waals surface area contributed by atoms with E-state index in [9.17, 15) is 21.4 Å². The average Bonchev–Trinajstić information content (AvgIpc) is 2.81. The second-order valence-electron chi connectivity index (χ2n) is 7.96. The molecule has 0 saturated carbocycles. The van der Waals surface area contributed by atoms with Gasteiger partial charge in [0.25, 0.3) is 10.0 Å². The van der Waals surface area contributed by atoms with Crippen LogP contribution in [-0.4, -0.2) is 54.7 Å². The Morgan fingerprint density at radius 1 is 0.811 bits per heavy atom. The molecule has 202 valence electrons. The summed E-state index contributed by atoms with van der Waals surface area (Å²) in [6.45, 7) is 3.24. The quantitative estimate of drug-likeness (QED) is 0.252. The molecule has 0 bridgehead atoms. The van der Waals surface area contributed by atoms with Crippen molar-refractivity contribution < 1.29 is 30.4 Å². The van der Waals surface area contributed by atoms with Crippen molar-refractivity contribution in [3.63, 3.8) is 0 Å². The summed E-state index contributed by atoms with van der Waals surface area (Å²) in [5.41, 5.74) is 0.0732. The van der Waals surface area contributed by atoms with Crippen LogP contribution in [0.2, 0.25) is 10.0 Å². The SMILES string of the molecule is CCOP(=O)(CN(c1cccc2c(S(=O)(=O)N(C)C)cccc12)S(=O)(=O)c1cc(Cl)cc(Cl)c1)OCC. The molecule has 0 aliphatic rings. The zero-order valence-electron chi connectivity index (χ0n) is 20.6. The lowest BCUT2D eigenvalue weighted by Crippen LogP contribution is -2.33. The third-order valence-electron chi connectivity index (χ3n) is 5.26. The number of hydrogen-bond acceptors (Lipinski definition) is 7. The molecule has 3 aromatic carbocycles. The van der Waals surface area contributed by atoms with E-state index in [1.165, 1.54) is 56.6 Å². The lowest BCUT2D eigenvalue weighted by atomic mass is 10.1. The maximum atomic E-state index is 14.0. The summed E-state index contributed by atoms with van der Waals surface area (Å²) in [5.74, 6) is 0. The molecule has 0 aliphatic carbocycles. The predicted molar refractivity (Wildman–Crippen MR) is 147 cm³/mol. The lowest BCUT2D eigenvalue weighted by Gasteiger charge is -2.29. The van der Waals surface area contributed by atoms with Gasteiger partial charge in [0.2, 0.25) is 10.0 Å². The highest BCUT2D eigenvalue weighted by Gasteiger charge is 2.36. The fourth-order valence-corrected chi connectivity index (χ4v) is 9.16. The molecular formula is C23H27Cl2N2O7PS2. The maximum absolute atomic E-state index is 14.0. The molecule has 0 unspecified atom stereocenters. The summed E-state index contributed by atoms with van der Waals surface area (Å²) in [6.07, 6.45) is -0.676. The van der Waals surface area contributed by atoms with Crippen molar-refractivity contribution in [1.29, 1.82) is 0 Å². The van der Waals surface area contributed by atoms with Crippen LogP contribution >= 0.6 is 30.8 Å². The molecule has 3 rings (SSSR count). The molecule has 0 heterocycles. The third kappa shape index (κ3) is 6.32. The number of fused-ring (bicyclic) bond motifs is 1. The Bertz CT molecular complexity index is 1530. The Morgan fingerprint density at radius 2 is 1.35 bits per heavy atom. The smallest absolute Gasteiger partial charge is 0.308 e. The van der Waals surface area contributed by atoms with Gasteiger partial charge in [-0.1, -0.05) is 47.5 Å². The monoisotopic (exact) mass is 608 g/mol. The van der Waals surface area contributed by atoms with E-state index in [0.29, 0.717) is 5.39 Å². The highest BCUT2D eigenvalue weighted by Crippen LogP contribution is 2.51. The molecule has 37 heavy (non-hydrogen) atoms. The van der Waals surface area contributed by atoms with Gasteiger partial charge < -0.3 is 9.05 Å². The first-order chi connectivity index (χ1) is 17.3. The van der Waals surface area contributed by atoms with E-state index >= 15 is 0 Å². The van der Waals surface area contributed by atoms with E-state index in [1.54, 1.807) is 26.0 Å². The Morgan fingerprint density at radius 3 is 1.89 bits per heavy atom. The number of rotatable bonds is 11. The number of anilines is 1. The highest BCUT2D eigenvalue weighted by molar-refractivity contribution is 7.93. The Kier molecular flexibility index (Phi) is 9.35. The van der Waals surface area contributed by atoms with Gasteiger partial charge in [0, 0.05) is 34.9 Å². The summed E-state index contributed by atoms with van der Waals surface area (Å²) in [5, 5.41) is 0.740. The van der Waals surface area contributed by atoms with Gasteiger partial charge in [-0.05, 0) is 44.2 Å². The minimum atomic E-state index is -4.45. The van der Waals surface area contributed by atoms with Gasteiger partial charge in [0.15, 0.2) is 0 Å². The number of nitrogens with zero attached hydrogens (tertiary/aromatic N) is 2. The van der Waals surface area contributed by atoms with Crippen molar-refractivity contribution >= 4 is 67.3 Å². The summed E-state index contributed by atoms with van der Waals surface area (Å²) in [4.78, 5) is -0.267. The summed E-state index contributed by atoms with van der Waals surface area (Å²) >= 11 is 12.2. The van der Waals surface area contributed by atoms with Crippen LogP contribution in [0.1, 0.15) is 13.8 Å². The van der Waals surface area contributed by atoms with E-state index in [0.717, 1.165) is 8.61 Å². The first-order valence-electron chi connectivity index (χ1n) is 11.1. The van der Waals surface area contributed by atoms with Crippen LogP contribution < -0.4 is 4.31 Å². The number of hydrogen-bond donors (Lipinski definition) is 0. The van der Waals surface area contributed by atoms with Crippen molar-refractivity contribution in [1.82, 2.24) is 4.31 Å². The van der Waals surface area contributed by atoms with Crippen molar-refractivity contribution in [3.8, 4) is 0 Å². The van der Waals surface area contributed by atoms with Crippen molar-refractivity contribution in [3.05, 3.63) is 64.6 Å². The number of halogens is 2. The van der Waals surface area contributed by atoms with Crippen LogP contribution in [-0.2, 0) is 33.7 Å². The largest absolute Gasteiger partial charge is 0.350 e. The van der Waals surface area contributed by atoms with Crippen LogP contribution in [0.4, 0.5) is 5.69 Å². The lowest BCUT2D eigenvalue weighted by molar-refractivity contribution is 0.221. The first-order valence-corrected chi connectivity index (χ1v) is 16.4. The molecule has 0 atom stereocenters. The van der Waals surface area contributed by atoms with Gasteiger partial charge in [0.1, 0.15) is 6.29 Å². The van der Waals surface area contributed by atoms with Gasteiger partial charge in [0.05, 0.1) is 28.7 Å². The summed E-state index contributed by atoms with van der Waals surface area (Å²) in [6, 6.07) is 12.9. The molecule has 0 amide bonds. The zero-order chi connectivity index (χ0) is 27.6. The zero-order valence-corrected chi connectivity index (χ0v) is 24.6. The van der Waals surface area contributed by atoms with Gasteiger partial charge >= 0.3 is 7.60 Å². The van der Waals surface area contributed by atoms with Gasteiger partial charge in [-0.3, -0.25) is 8.87 Å². The van der Waals surface area contributed by atoms with Crippen LogP contribution in [0.25, 0.3) is 10.8 Å². The highest BCUT2D eigenvalue weighted by atomic mass is 35.5. The Labute approximate surface area is 227 Å². The molecule has 0 aromatic heterocycles. The van der Waals surface area contributed by atoms with Gasteiger partial charge in [-0.2, -0.15) is 0 Å². The average molecular weight is 609 g/mol. The van der Waals surface area contributed by atoms with E-state index < -0.39 is 33.9 Å². The van der Waals surface area contributed by atoms with Crippen molar-refractivity contribution in [2.45, 2.75) is 23.6 Å². The van der Waals surface area contributed by atoms with E-state index in [4.69, 9.17) is 32.2 Å². The maximum Gasteiger partial charge on any atom is 0.350 e. The Balaban J connectivity index is 2.36. The molecule has 0 saturated heterocycles. The topological polar surface area (TPSA) is 110 Å². The second kappa shape index (κ2) is 11.6. The molecule has 0 N–H and O–H groups in total. The number of sulfonamides is 2. The van der Waals surface area contributed by atoms with Crippen LogP contribution in [0, 0.1) is 0 Å². The second-order valence-corrected chi connectivity index (χ2v) is 14.8. The van der Waals surface area contributed by atoms with Crippen molar-refractivity contribution in [2.75, 3.05) is 37.9 Å². The molecule has 3 aromatic rings. The standard InChI is InChI=1S/C23H27Cl2N2O7PS2/c1-5-33-35(28,34-6-2)16-27(36(29,30)19-14-17(24)13-18(25)15-19)22-11-7-10-21-20(22)9-8-12-23(21)37(31,32)26(3)4/h7-15H,5-6,16H2,1-4H3. The van der Waals surface area contributed by atoms with Crippen LogP contribution in [0.15, 0.2) is 64.4 Å². The van der Waals surface area contributed by atoms with Gasteiger partial charge in [-0.25, -0.2) is 21.1 Å². The molecular weight excluding hydrogens is 582 g/mol. The normalized spacial score (nSPS) is 12.8. The fraction of sp³-hybridized carbons (Fsp3) is 0.304. The van der Waals surface area contributed by atoms with Crippen LogP contribution in [0.5, 0.6) is 0 Å². The molecule has 0 fully saturated rings. The Hall–Kier alpha value is -1.69. The molecule has 0 spiro atoms. The fourth-order valence-electron chi connectivity index (χ4n) is 3.66. The molecule has 0 aliphatic heterocycles. The van der Waals surface area contributed by atoms with E-state index in [2.05, 4.69) is 0 Å². The third-order valence-corrected chi connectivity index (χ3v) is 11.4. The van der Waals surface area contributed by atoms with Gasteiger partial charge in [-0.15, -0.1) is 0 Å². The molecule has 14 heteroatoms. The molecule has 0 radical (unpaired) electrons. The molecule has 9 nitrogen and oxygen atoms in total. The summed E-state index contributed by atoms with van der Waals surface area (Å²) < 4.78 is 80.3. The van der Waals surface area contributed by atoms with E-state index in [-0.39, 0.29) is 44.1 Å². The van der Waals surface area contributed by atoms with Crippen LogP contribution in [0.3, 0.4) is 0 Å². The van der Waals surface area contributed by atoms with Crippen molar-refractivity contribution in [2.24, 2.45) is 0 Å². The minimum absolute atomic E-state index is 0.00885. The van der Waals surface area contributed by atoms with E-state index in [1.807, 2.05) is 0 Å². The summed E-state index contributed by atoms with van der Waals surface area (Å²) in [7, 11) is -9.49.